The quantitative estimate of drug-likeness (QED) is 0.580. The summed E-state index contributed by atoms with van der Waals surface area (Å²) in [5, 5.41) is 0. The summed E-state index contributed by atoms with van der Waals surface area (Å²) in [6.45, 7) is 2.26. The third-order valence-electron chi connectivity index (χ3n) is 3.06. The summed E-state index contributed by atoms with van der Waals surface area (Å²) >= 11 is 5.77. The fraction of sp³-hybridized carbons (Fsp3) is 1.00. The molecule has 0 radical (unpaired) electrons. The van der Waals surface area contributed by atoms with Gasteiger partial charge in [-0.3, -0.25) is 0 Å². The van der Waals surface area contributed by atoms with E-state index in [0.29, 0.717) is 0 Å². The maximum atomic E-state index is 5.77. The topological polar surface area (TPSA) is 0 Å². The summed E-state index contributed by atoms with van der Waals surface area (Å²) < 4.78 is 0. The fourth-order valence-electron chi connectivity index (χ4n) is 2.07. The highest BCUT2D eigenvalue weighted by molar-refractivity contribution is 6.18. The largest absolute Gasteiger partial charge is 0.126 e. The van der Waals surface area contributed by atoms with Gasteiger partial charge in [0.25, 0.3) is 0 Å². The van der Waals surface area contributed by atoms with E-state index in [1.165, 1.54) is 44.9 Å². The van der Waals surface area contributed by atoms with Crippen LogP contribution in [0.1, 0.15) is 51.9 Å². The number of halogens is 1. The Morgan fingerprint density at radius 3 is 2.50 bits per heavy atom. The second kappa shape index (κ2) is 5.85. The van der Waals surface area contributed by atoms with Crippen LogP contribution in [0.3, 0.4) is 0 Å². The Hall–Kier alpha value is 0.290. The molecule has 0 saturated heterocycles. The molecule has 1 rings (SSSR count). The predicted octanol–water partition coefficient (Wildman–Crippen LogP) is 4.22. The molecule has 1 heteroatoms. The molecular formula is C11H21Cl. The van der Waals surface area contributed by atoms with Gasteiger partial charge in [-0.2, -0.15) is 0 Å². The zero-order chi connectivity index (χ0) is 8.81. The van der Waals surface area contributed by atoms with E-state index in [2.05, 4.69) is 6.92 Å². The van der Waals surface area contributed by atoms with Crippen LogP contribution >= 0.6 is 11.6 Å². The lowest BCUT2D eigenvalue weighted by Crippen LogP contribution is -2.08. The van der Waals surface area contributed by atoms with Crippen molar-refractivity contribution in [3.05, 3.63) is 0 Å². The molecule has 0 aromatic heterocycles. The van der Waals surface area contributed by atoms with Gasteiger partial charge in [0.05, 0.1) is 0 Å². The van der Waals surface area contributed by atoms with Crippen molar-refractivity contribution in [3.63, 3.8) is 0 Å². The van der Waals surface area contributed by atoms with Gasteiger partial charge in [-0.05, 0) is 18.3 Å². The lowest BCUT2D eigenvalue weighted by atomic mass is 9.85. The highest BCUT2D eigenvalue weighted by Crippen LogP contribution is 2.28. The number of alkyl halides is 1. The molecule has 1 atom stereocenters. The summed E-state index contributed by atoms with van der Waals surface area (Å²) in [5.41, 5.74) is 0. The minimum absolute atomic E-state index is 0.730. The molecule has 0 aromatic carbocycles. The highest BCUT2D eigenvalue weighted by Gasteiger charge is 2.13. The first kappa shape index (κ1) is 10.4. The van der Waals surface area contributed by atoms with Crippen LogP contribution in [0.15, 0.2) is 0 Å². The molecule has 1 saturated carbocycles. The van der Waals surface area contributed by atoms with E-state index in [1.54, 1.807) is 0 Å². The number of hydrogen-bond acceptors (Lipinski definition) is 0. The van der Waals surface area contributed by atoms with Crippen molar-refractivity contribution in [2.75, 3.05) is 5.88 Å². The Balaban J connectivity index is 2.05. The predicted molar refractivity (Wildman–Crippen MR) is 55.7 cm³/mol. The van der Waals surface area contributed by atoms with Gasteiger partial charge in [0.1, 0.15) is 0 Å². The summed E-state index contributed by atoms with van der Waals surface area (Å²) in [6.07, 6.45) is 10.1. The van der Waals surface area contributed by atoms with E-state index < -0.39 is 0 Å². The molecule has 0 aromatic rings. The standard InChI is InChI=1S/C11H21Cl/c1-10(9-12)7-8-11-5-3-2-4-6-11/h10-11H,2-9H2,1H3. The second-order valence-corrected chi connectivity index (χ2v) is 4.65. The molecule has 1 fully saturated rings. The smallest absolute Gasteiger partial charge is 0.0249 e. The first-order valence-electron chi connectivity index (χ1n) is 5.39. The van der Waals surface area contributed by atoms with Gasteiger partial charge in [0.15, 0.2) is 0 Å². The van der Waals surface area contributed by atoms with Gasteiger partial charge in [0, 0.05) is 5.88 Å². The minimum Gasteiger partial charge on any atom is -0.126 e. The van der Waals surface area contributed by atoms with Crippen molar-refractivity contribution in [1.82, 2.24) is 0 Å². The van der Waals surface area contributed by atoms with Gasteiger partial charge in [0.2, 0.25) is 0 Å². The highest BCUT2D eigenvalue weighted by atomic mass is 35.5. The monoisotopic (exact) mass is 188 g/mol. The third-order valence-corrected chi connectivity index (χ3v) is 3.58. The maximum Gasteiger partial charge on any atom is 0.0249 e. The maximum absolute atomic E-state index is 5.77. The third kappa shape index (κ3) is 3.80. The molecule has 1 aliphatic rings. The van der Waals surface area contributed by atoms with E-state index in [-0.39, 0.29) is 0 Å². The van der Waals surface area contributed by atoms with Crippen molar-refractivity contribution in [3.8, 4) is 0 Å². The molecule has 1 unspecified atom stereocenters. The van der Waals surface area contributed by atoms with E-state index in [4.69, 9.17) is 11.6 Å². The molecular weight excluding hydrogens is 168 g/mol. The molecule has 0 amide bonds. The molecule has 0 bridgehead atoms. The molecule has 0 aliphatic heterocycles. The first-order valence-corrected chi connectivity index (χ1v) is 5.92. The summed E-state index contributed by atoms with van der Waals surface area (Å²) in [7, 11) is 0. The van der Waals surface area contributed by atoms with E-state index in [1.807, 2.05) is 0 Å². The zero-order valence-corrected chi connectivity index (χ0v) is 8.95. The Morgan fingerprint density at radius 2 is 1.92 bits per heavy atom. The van der Waals surface area contributed by atoms with Crippen LogP contribution in [0.5, 0.6) is 0 Å². The van der Waals surface area contributed by atoms with Crippen LogP contribution in [0, 0.1) is 11.8 Å². The molecule has 0 N–H and O–H groups in total. The Morgan fingerprint density at radius 1 is 1.25 bits per heavy atom. The Labute approximate surface area is 81.7 Å². The molecule has 0 spiro atoms. The molecule has 72 valence electrons. The van der Waals surface area contributed by atoms with Crippen molar-refractivity contribution in [2.24, 2.45) is 11.8 Å². The van der Waals surface area contributed by atoms with E-state index in [0.717, 1.165) is 17.7 Å². The van der Waals surface area contributed by atoms with Crippen molar-refractivity contribution in [2.45, 2.75) is 51.9 Å². The van der Waals surface area contributed by atoms with Gasteiger partial charge in [-0.1, -0.05) is 45.4 Å². The Kier molecular flexibility index (Phi) is 5.06. The SMILES string of the molecule is CC(CCl)CCC1CCCCC1. The number of rotatable bonds is 4. The van der Waals surface area contributed by atoms with Crippen LogP contribution in [-0.2, 0) is 0 Å². The fourth-order valence-corrected chi connectivity index (χ4v) is 2.23. The van der Waals surface area contributed by atoms with Gasteiger partial charge < -0.3 is 0 Å². The average molecular weight is 189 g/mol. The average Bonchev–Trinajstić information content (AvgIpc) is 2.16. The van der Waals surface area contributed by atoms with Gasteiger partial charge in [-0.15, -0.1) is 11.6 Å². The molecule has 1 aliphatic carbocycles. The lowest BCUT2D eigenvalue weighted by Gasteiger charge is -2.22. The van der Waals surface area contributed by atoms with Crippen LogP contribution in [-0.4, -0.2) is 5.88 Å². The summed E-state index contributed by atoms with van der Waals surface area (Å²) in [6, 6.07) is 0. The van der Waals surface area contributed by atoms with Gasteiger partial charge in [-0.25, -0.2) is 0 Å². The van der Waals surface area contributed by atoms with Crippen LogP contribution in [0.4, 0.5) is 0 Å². The van der Waals surface area contributed by atoms with E-state index >= 15 is 0 Å². The lowest BCUT2D eigenvalue weighted by molar-refractivity contribution is 0.318. The summed E-state index contributed by atoms with van der Waals surface area (Å²) in [4.78, 5) is 0. The summed E-state index contributed by atoms with van der Waals surface area (Å²) in [5.74, 6) is 2.60. The van der Waals surface area contributed by atoms with Gasteiger partial charge >= 0.3 is 0 Å². The molecule has 0 heterocycles. The van der Waals surface area contributed by atoms with Crippen LogP contribution < -0.4 is 0 Å². The van der Waals surface area contributed by atoms with Crippen molar-refractivity contribution < 1.29 is 0 Å². The minimum atomic E-state index is 0.730. The molecule has 0 nitrogen and oxygen atoms in total. The zero-order valence-electron chi connectivity index (χ0n) is 8.19. The van der Waals surface area contributed by atoms with Crippen molar-refractivity contribution in [1.29, 1.82) is 0 Å². The van der Waals surface area contributed by atoms with Crippen LogP contribution in [0.2, 0.25) is 0 Å². The van der Waals surface area contributed by atoms with Crippen molar-refractivity contribution >= 4 is 11.6 Å². The van der Waals surface area contributed by atoms with E-state index in [9.17, 15) is 0 Å². The number of hydrogen-bond donors (Lipinski definition) is 0. The Bertz CT molecular complexity index is 106. The van der Waals surface area contributed by atoms with Crippen LogP contribution in [0.25, 0.3) is 0 Å². The first-order chi connectivity index (χ1) is 5.83. The second-order valence-electron chi connectivity index (χ2n) is 4.34. The normalized spacial score (nSPS) is 22.5. The molecule has 12 heavy (non-hydrogen) atoms.